The van der Waals surface area contributed by atoms with Gasteiger partial charge in [0, 0.05) is 39.4 Å². The molecule has 0 aromatic carbocycles. The van der Waals surface area contributed by atoms with Gasteiger partial charge in [-0.15, -0.1) is 0 Å². The maximum Gasteiger partial charge on any atom is 0.309 e. The molecule has 1 aromatic heterocycles. The fraction of sp³-hybridized carbons (Fsp3) is 0.579. The highest BCUT2D eigenvalue weighted by Crippen LogP contribution is 2.17. The number of aromatic nitrogens is 1. The molecule has 0 radical (unpaired) electrons. The van der Waals surface area contributed by atoms with Crippen LogP contribution >= 0.6 is 0 Å². The number of likely N-dealkylation sites (tertiary alicyclic amines) is 1. The lowest BCUT2D eigenvalue weighted by Crippen LogP contribution is -2.46. The summed E-state index contributed by atoms with van der Waals surface area (Å²) in [4.78, 5) is 49.8. The number of hydrogen-bond acceptors (Lipinski definition) is 4. The highest BCUT2D eigenvalue weighted by molar-refractivity contribution is 6.35. The van der Waals surface area contributed by atoms with E-state index < -0.39 is 11.8 Å². The lowest BCUT2D eigenvalue weighted by atomic mass is 9.96. The van der Waals surface area contributed by atoms with Crippen LogP contribution in [-0.4, -0.2) is 53.4 Å². The quantitative estimate of drug-likeness (QED) is 0.713. The molecule has 1 aliphatic heterocycles. The van der Waals surface area contributed by atoms with Crippen molar-refractivity contribution in [2.24, 2.45) is 18.9 Å². The Labute approximate surface area is 158 Å². The largest absolute Gasteiger partial charge is 0.348 e. The molecule has 0 unspecified atom stereocenters. The molecular weight excluding hydrogens is 348 g/mol. The van der Waals surface area contributed by atoms with E-state index in [9.17, 15) is 19.2 Å². The number of carbonyl (C=O) groups excluding carboxylic acids is 3. The second-order valence-electron chi connectivity index (χ2n) is 7.39. The van der Waals surface area contributed by atoms with Gasteiger partial charge in [0.05, 0.1) is 0 Å². The third-order valence-electron chi connectivity index (χ3n) is 4.68. The molecule has 1 aromatic rings. The third-order valence-corrected chi connectivity index (χ3v) is 4.68. The second kappa shape index (κ2) is 9.34. The van der Waals surface area contributed by atoms with Crippen molar-refractivity contribution in [3.05, 3.63) is 34.2 Å². The molecule has 3 amide bonds. The molecule has 8 heteroatoms. The zero-order chi connectivity index (χ0) is 20.0. The maximum atomic E-state index is 12.6. The fourth-order valence-corrected chi connectivity index (χ4v) is 2.97. The summed E-state index contributed by atoms with van der Waals surface area (Å²) >= 11 is 0. The van der Waals surface area contributed by atoms with E-state index in [-0.39, 0.29) is 28.9 Å². The van der Waals surface area contributed by atoms with Gasteiger partial charge in [0.25, 0.3) is 11.5 Å². The van der Waals surface area contributed by atoms with E-state index in [0.717, 1.165) is 0 Å². The molecule has 2 N–H and O–H groups in total. The molecule has 1 aliphatic rings. The topological polar surface area (TPSA) is 101 Å². The highest BCUT2D eigenvalue weighted by atomic mass is 16.2. The number of pyridine rings is 1. The summed E-state index contributed by atoms with van der Waals surface area (Å²) in [5.41, 5.74) is -0.127. The van der Waals surface area contributed by atoms with Crippen LogP contribution in [0.15, 0.2) is 23.1 Å². The molecule has 2 heterocycles. The average molecular weight is 376 g/mol. The van der Waals surface area contributed by atoms with Crippen molar-refractivity contribution < 1.29 is 14.4 Å². The number of hydrogen-bond donors (Lipinski definition) is 2. The Bertz CT molecular complexity index is 748. The van der Waals surface area contributed by atoms with Crippen LogP contribution in [0, 0.1) is 11.8 Å². The van der Waals surface area contributed by atoms with E-state index >= 15 is 0 Å². The summed E-state index contributed by atoms with van der Waals surface area (Å²) in [6.07, 6.45) is 3.05. The van der Waals surface area contributed by atoms with Gasteiger partial charge in [0.2, 0.25) is 0 Å². The van der Waals surface area contributed by atoms with Gasteiger partial charge in [-0.1, -0.05) is 13.8 Å². The molecule has 0 bridgehead atoms. The Kier molecular flexibility index (Phi) is 7.15. The van der Waals surface area contributed by atoms with Gasteiger partial charge in [-0.3, -0.25) is 19.2 Å². The zero-order valence-electron chi connectivity index (χ0n) is 16.2. The number of carbonyl (C=O) groups is 3. The maximum absolute atomic E-state index is 12.6. The molecule has 1 saturated heterocycles. The van der Waals surface area contributed by atoms with Gasteiger partial charge in [-0.25, -0.2) is 0 Å². The first-order chi connectivity index (χ1) is 12.8. The van der Waals surface area contributed by atoms with Crippen molar-refractivity contribution >= 4 is 17.7 Å². The number of nitrogens with one attached hydrogen (secondary N) is 2. The van der Waals surface area contributed by atoms with Crippen LogP contribution in [-0.2, 0) is 16.6 Å². The van der Waals surface area contributed by atoms with Gasteiger partial charge in [0.1, 0.15) is 5.56 Å². The van der Waals surface area contributed by atoms with Gasteiger partial charge >= 0.3 is 11.8 Å². The monoisotopic (exact) mass is 376 g/mol. The Balaban J connectivity index is 1.79. The van der Waals surface area contributed by atoms with Crippen LogP contribution in [0.3, 0.4) is 0 Å². The van der Waals surface area contributed by atoms with Crippen molar-refractivity contribution in [2.45, 2.75) is 26.7 Å². The second-order valence-corrected chi connectivity index (χ2v) is 7.39. The molecule has 27 heavy (non-hydrogen) atoms. The number of rotatable bonds is 5. The number of aryl methyl sites for hydroxylation is 1. The van der Waals surface area contributed by atoms with E-state index in [0.29, 0.717) is 39.0 Å². The first-order valence-electron chi connectivity index (χ1n) is 9.30. The smallest absolute Gasteiger partial charge is 0.309 e. The predicted octanol–water partition coefficient (Wildman–Crippen LogP) is 0.126. The molecule has 0 atom stereocenters. The van der Waals surface area contributed by atoms with Crippen LogP contribution in [0.1, 0.15) is 37.0 Å². The van der Waals surface area contributed by atoms with Crippen molar-refractivity contribution in [2.75, 3.05) is 26.2 Å². The standard InChI is InChI=1S/C19H28N4O4/c1-13(2)11-20-16(24)17(25)21-12-14-6-9-23(10-7-14)19(27)15-5-4-8-22(3)18(15)26/h4-5,8,13-14H,6-7,9-12H2,1-3H3,(H,20,24)(H,21,25). The van der Waals surface area contributed by atoms with Crippen LogP contribution in [0.2, 0.25) is 0 Å². The Hall–Kier alpha value is -2.64. The lowest BCUT2D eigenvalue weighted by molar-refractivity contribution is -0.139. The van der Waals surface area contributed by atoms with E-state index in [4.69, 9.17) is 0 Å². The minimum absolute atomic E-state index is 0.175. The van der Waals surface area contributed by atoms with Gasteiger partial charge < -0.3 is 20.1 Å². The van der Waals surface area contributed by atoms with E-state index in [1.807, 2.05) is 13.8 Å². The molecule has 0 aliphatic carbocycles. The Morgan fingerprint density at radius 2 is 1.78 bits per heavy atom. The van der Waals surface area contributed by atoms with E-state index in [1.165, 1.54) is 4.57 Å². The summed E-state index contributed by atoms with van der Waals surface area (Å²) in [6.45, 7) is 5.83. The molecule has 0 spiro atoms. The first-order valence-corrected chi connectivity index (χ1v) is 9.30. The number of piperidine rings is 1. The van der Waals surface area contributed by atoms with Crippen molar-refractivity contribution in [1.82, 2.24) is 20.1 Å². The molecule has 0 saturated carbocycles. The molecule has 148 valence electrons. The highest BCUT2D eigenvalue weighted by Gasteiger charge is 2.26. The summed E-state index contributed by atoms with van der Waals surface area (Å²) in [6, 6.07) is 3.23. The minimum Gasteiger partial charge on any atom is -0.348 e. The summed E-state index contributed by atoms with van der Waals surface area (Å²) in [5, 5.41) is 5.24. The summed E-state index contributed by atoms with van der Waals surface area (Å²) in [7, 11) is 1.62. The van der Waals surface area contributed by atoms with E-state index in [1.54, 1.807) is 30.3 Å². The van der Waals surface area contributed by atoms with Crippen LogP contribution < -0.4 is 16.2 Å². The van der Waals surface area contributed by atoms with Crippen molar-refractivity contribution in [1.29, 1.82) is 0 Å². The Morgan fingerprint density at radius 1 is 1.15 bits per heavy atom. The zero-order valence-corrected chi connectivity index (χ0v) is 16.2. The SMILES string of the molecule is CC(C)CNC(=O)C(=O)NCC1CCN(C(=O)c2cccn(C)c2=O)CC1. The summed E-state index contributed by atoms with van der Waals surface area (Å²) in [5.74, 6) is -1.01. The van der Waals surface area contributed by atoms with Crippen LogP contribution in [0.4, 0.5) is 0 Å². The molecule has 2 rings (SSSR count). The van der Waals surface area contributed by atoms with Crippen LogP contribution in [0.25, 0.3) is 0 Å². The fourth-order valence-electron chi connectivity index (χ4n) is 2.97. The minimum atomic E-state index is -0.623. The molecular formula is C19H28N4O4. The number of nitrogens with zero attached hydrogens (tertiary/aromatic N) is 2. The summed E-state index contributed by atoms with van der Waals surface area (Å²) < 4.78 is 1.39. The van der Waals surface area contributed by atoms with Gasteiger partial charge in [-0.2, -0.15) is 0 Å². The predicted molar refractivity (Wildman–Crippen MR) is 101 cm³/mol. The first kappa shape index (κ1) is 20.7. The van der Waals surface area contributed by atoms with Crippen molar-refractivity contribution in [3.63, 3.8) is 0 Å². The average Bonchev–Trinajstić information content (AvgIpc) is 2.66. The number of amides is 3. The lowest BCUT2D eigenvalue weighted by Gasteiger charge is -2.32. The molecule has 1 fully saturated rings. The van der Waals surface area contributed by atoms with Gasteiger partial charge in [-0.05, 0) is 36.8 Å². The third kappa shape index (κ3) is 5.67. The molecule has 8 nitrogen and oxygen atoms in total. The van der Waals surface area contributed by atoms with Gasteiger partial charge in [0.15, 0.2) is 0 Å². The Morgan fingerprint density at radius 3 is 2.41 bits per heavy atom. The van der Waals surface area contributed by atoms with E-state index in [2.05, 4.69) is 10.6 Å². The van der Waals surface area contributed by atoms with Crippen LogP contribution in [0.5, 0.6) is 0 Å². The normalized spacial score (nSPS) is 14.9. The van der Waals surface area contributed by atoms with Crippen molar-refractivity contribution in [3.8, 4) is 0 Å².